The van der Waals surface area contributed by atoms with Crippen LogP contribution in [-0.2, 0) is 4.79 Å². The first kappa shape index (κ1) is 24.1. The second-order valence-corrected chi connectivity index (χ2v) is 7.86. The summed E-state index contributed by atoms with van der Waals surface area (Å²) < 4.78 is 11.5. The molecule has 0 bridgehead atoms. The molecule has 0 saturated carbocycles. The van der Waals surface area contributed by atoms with E-state index in [1.54, 1.807) is 13.1 Å². The molecule has 33 heavy (non-hydrogen) atoms. The van der Waals surface area contributed by atoms with Gasteiger partial charge >= 0.3 is 0 Å². The lowest BCUT2D eigenvalue weighted by atomic mass is 10.1. The molecule has 1 N–H and O–H groups in total. The van der Waals surface area contributed by atoms with Gasteiger partial charge in [0, 0.05) is 0 Å². The molecule has 0 aliphatic rings. The summed E-state index contributed by atoms with van der Waals surface area (Å²) in [6.07, 6.45) is 5.66. The normalized spacial score (nSPS) is 11.8. The van der Waals surface area contributed by atoms with Gasteiger partial charge in [-0.2, -0.15) is 5.10 Å². The van der Waals surface area contributed by atoms with Crippen molar-refractivity contribution in [1.82, 2.24) is 5.43 Å². The van der Waals surface area contributed by atoms with E-state index in [1.807, 2.05) is 66.7 Å². The second-order valence-electron chi connectivity index (χ2n) is 7.86. The van der Waals surface area contributed by atoms with Gasteiger partial charge in [0.15, 0.2) is 6.10 Å². The molecular formula is C28H32N2O3. The van der Waals surface area contributed by atoms with Gasteiger partial charge in [-0.05, 0) is 66.4 Å². The van der Waals surface area contributed by atoms with Crippen LogP contribution in [0.3, 0.4) is 0 Å². The summed E-state index contributed by atoms with van der Waals surface area (Å²) in [5.74, 6) is 1.16. The van der Waals surface area contributed by atoms with Gasteiger partial charge in [-0.3, -0.25) is 4.79 Å². The van der Waals surface area contributed by atoms with E-state index in [0.717, 1.165) is 35.5 Å². The van der Waals surface area contributed by atoms with E-state index < -0.39 is 6.10 Å². The van der Waals surface area contributed by atoms with Gasteiger partial charge in [0.1, 0.15) is 11.5 Å². The fourth-order valence-electron chi connectivity index (χ4n) is 3.24. The molecule has 5 heteroatoms. The van der Waals surface area contributed by atoms with Gasteiger partial charge in [0.25, 0.3) is 5.91 Å². The monoisotopic (exact) mass is 444 g/mol. The summed E-state index contributed by atoms with van der Waals surface area (Å²) in [6.45, 7) is 4.63. The summed E-state index contributed by atoms with van der Waals surface area (Å²) in [7, 11) is 0. The summed E-state index contributed by atoms with van der Waals surface area (Å²) in [5.41, 5.74) is 5.63. The van der Waals surface area contributed by atoms with E-state index >= 15 is 0 Å². The van der Waals surface area contributed by atoms with Crippen LogP contribution in [0.4, 0.5) is 0 Å². The Kier molecular flexibility index (Phi) is 9.52. The zero-order chi connectivity index (χ0) is 23.3. The van der Waals surface area contributed by atoms with Crippen LogP contribution in [0.5, 0.6) is 11.5 Å². The van der Waals surface area contributed by atoms with Gasteiger partial charge in [0.05, 0.1) is 12.8 Å². The van der Waals surface area contributed by atoms with Crippen molar-refractivity contribution < 1.29 is 14.3 Å². The van der Waals surface area contributed by atoms with Crippen molar-refractivity contribution in [2.75, 3.05) is 6.61 Å². The summed E-state index contributed by atoms with van der Waals surface area (Å²) in [6, 6.07) is 25.4. The largest absolute Gasteiger partial charge is 0.494 e. The number of nitrogens with one attached hydrogen (secondary N) is 1. The lowest BCUT2D eigenvalue weighted by Crippen LogP contribution is -2.33. The zero-order valence-corrected chi connectivity index (χ0v) is 19.4. The maximum absolute atomic E-state index is 12.3. The third-order valence-electron chi connectivity index (χ3n) is 5.18. The average Bonchev–Trinajstić information content (AvgIpc) is 2.85. The Morgan fingerprint density at radius 1 is 0.879 bits per heavy atom. The topological polar surface area (TPSA) is 59.9 Å². The minimum atomic E-state index is -0.673. The van der Waals surface area contributed by atoms with E-state index in [0.29, 0.717) is 5.75 Å². The first-order valence-corrected chi connectivity index (χ1v) is 11.5. The number of ether oxygens (including phenoxy) is 2. The number of hydrazone groups is 1. The number of amides is 1. The van der Waals surface area contributed by atoms with Crippen molar-refractivity contribution >= 4 is 12.1 Å². The highest BCUT2D eigenvalue weighted by molar-refractivity contribution is 5.84. The van der Waals surface area contributed by atoms with Crippen molar-refractivity contribution in [3.05, 3.63) is 84.4 Å². The summed E-state index contributed by atoms with van der Waals surface area (Å²) >= 11 is 0. The quantitative estimate of drug-likeness (QED) is 0.205. The average molecular weight is 445 g/mol. The molecule has 3 aromatic rings. The van der Waals surface area contributed by atoms with Crippen molar-refractivity contribution in [2.45, 2.75) is 45.6 Å². The lowest BCUT2D eigenvalue weighted by molar-refractivity contribution is -0.127. The highest BCUT2D eigenvalue weighted by Crippen LogP contribution is 2.22. The highest BCUT2D eigenvalue weighted by Gasteiger charge is 2.14. The standard InChI is InChI=1S/C28H32N2O3/c1-3-4-5-9-20-32-26-16-12-23(13-17-26)21-29-30-28(31)22(2)33-27-18-14-25(15-19-27)24-10-7-6-8-11-24/h6-8,10-19,21-22H,3-5,9,20H2,1-2H3,(H,30,31). The Bertz CT molecular complexity index is 1000. The number of unbranched alkanes of at least 4 members (excludes halogenated alkanes) is 3. The van der Waals surface area contributed by atoms with Crippen LogP contribution in [0.1, 0.15) is 45.1 Å². The highest BCUT2D eigenvalue weighted by atomic mass is 16.5. The number of nitrogens with zero attached hydrogens (tertiary/aromatic N) is 1. The van der Waals surface area contributed by atoms with Crippen molar-refractivity contribution in [3.8, 4) is 22.6 Å². The Labute approximate surface area is 196 Å². The van der Waals surface area contributed by atoms with E-state index in [2.05, 4.69) is 29.6 Å². The predicted molar refractivity (Wildman–Crippen MR) is 134 cm³/mol. The molecule has 0 saturated heterocycles. The first-order chi connectivity index (χ1) is 16.2. The van der Waals surface area contributed by atoms with Crippen LogP contribution < -0.4 is 14.9 Å². The van der Waals surface area contributed by atoms with Gasteiger partial charge < -0.3 is 9.47 Å². The maximum Gasteiger partial charge on any atom is 0.280 e. The molecule has 0 spiro atoms. The molecule has 3 aromatic carbocycles. The Hall–Kier alpha value is -3.60. The molecule has 1 unspecified atom stereocenters. The van der Waals surface area contributed by atoms with Crippen LogP contribution >= 0.6 is 0 Å². The smallest absolute Gasteiger partial charge is 0.280 e. The molecule has 3 rings (SSSR count). The van der Waals surface area contributed by atoms with Crippen molar-refractivity contribution in [2.24, 2.45) is 5.10 Å². The number of rotatable bonds is 12. The molecule has 1 atom stereocenters. The molecule has 0 aromatic heterocycles. The SMILES string of the molecule is CCCCCCOc1ccc(C=NNC(=O)C(C)Oc2ccc(-c3ccccc3)cc2)cc1. The number of benzene rings is 3. The van der Waals surface area contributed by atoms with E-state index in [9.17, 15) is 4.79 Å². The summed E-state index contributed by atoms with van der Waals surface area (Å²) in [5, 5.41) is 4.04. The lowest BCUT2D eigenvalue weighted by Gasteiger charge is -2.13. The molecular weight excluding hydrogens is 412 g/mol. The van der Waals surface area contributed by atoms with Gasteiger partial charge in [-0.25, -0.2) is 5.43 Å². The van der Waals surface area contributed by atoms with E-state index in [-0.39, 0.29) is 5.91 Å². The molecule has 0 radical (unpaired) electrons. The third-order valence-corrected chi connectivity index (χ3v) is 5.18. The predicted octanol–water partition coefficient (Wildman–Crippen LogP) is 6.23. The van der Waals surface area contributed by atoms with E-state index in [1.165, 1.54) is 19.3 Å². The molecule has 172 valence electrons. The Morgan fingerprint density at radius 2 is 1.55 bits per heavy atom. The molecule has 0 fully saturated rings. The molecule has 5 nitrogen and oxygen atoms in total. The number of carbonyl (C=O) groups is 1. The van der Waals surface area contributed by atoms with Gasteiger partial charge in [-0.1, -0.05) is 68.7 Å². The fourth-order valence-corrected chi connectivity index (χ4v) is 3.24. The van der Waals surface area contributed by atoms with Crippen LogP contribution in [0.25, 0.3) is 11.1 Å². The van der Waals surface area contributed by atoms with Crippen LogP contribution in [0, 0.1) is 0 Å². The van der Waals surface area contributed by atoms with Gasteiger partial charge in [-0.15, -0.1) is 0 Å². The van der Waals surface area contributed by atoms with E-state index in [4.69, 9.17) is 9.47 Å². The van der Waals surface area contributed by atoms with Crippen LogP contribution in [-0.4, -0.2) is 24.8 Å². The minimum Gasteiger partial charge on any atom is -0.494 e. The Balaban J connectivity index is 1.42. The number of hydrogen-bond donors (Lipinski definition) is 1. The molecule has 0 aliphatic carbocycles. The number of carbonyl (C=O) groups excluding carboxylic acids is 1. The third kappa shape index (κ3) is 8.11. The maximum atomic E-state index is 12.3. The van der Waals surface area contributed by atoms with Crippen LogP contribution in [0.15, 0.2) is 84.0 Å². The molecule has 1 amide bonds. The number of hydrogen-bond acceptors (Lipinski definition) is 4. The van der Waals surface area contributed by atoms with Crippen molar-refractivity contribution in [3.63, 3.8) is 0 Å². The minimum absolute atomic E-state index is 0.314. The molecule has 0 heterocycles. The van der Waals surface area contributed by atoms with Crippen LogP contribution in [0.2, 0.25) is 0 Å². The first-order valence-electron chi connectivity index (χ1n) is 11.5. The Morgan fingerprint density at radius 3 is 2.24 bits per heavy atom. The molecule has 0 aliphatic heterocycles. The fraction of sp³-hybridized carbons (Fsp3) is 0.286. The summed E-state index contributed by atoms with van der Waals surface area (Å²) in [4.78, 5) is 12.3. The van der Waals surface area contributed by atoms with Crippen molar-refractivity contribution in [1.29, 1.82) is 0 Å². The zero-order valence-electron chi connectivity index (χ0n) is 19.4. The second kappa shape index (κ2) is 13.1. The van der Waals surface area contributed by atoms with Gasteiger partial charge in [0.2, 0.25) is 0 Å².